The van der Waals surface area contributed by atoms with E-state index in [9.17, 15) is 22.4 Å². The third-order valence-electron chi connectivity index (χ3n) is 3.49. The van der Waals surface area contributed by atoms with E-state index >= 15 is 0 Å². The molecule has 0 radical (unpaired) electrons. The van der Waals surface area contributed by atoms with Crippen LogP contribution in [0.3, 0.4) is 0 Å². The quantitative estimate of drug-likeness (QED) is 0.814. The highest BCUT2D eigenvalue weighted by Gasteiger charge is 2.31. The molecule has 8 heteroatoms. The normalized spacial score (nSPS) is 21.4. The largest absolute Gasteiger partial charge is 0.329 e. The molecule has 1 N–H and O–H groups in total. The van der Waals surface area contributed by atoms with Gasteiger partial charge in [0.05, 0.1) is 28.5 Å². The molecule has 3 rings (SSSR count). The van der Waals surface area contributed by atoms with Crippen LogP contribution in [0.25, 0.3) is 10.9 Å². The maximum absolute atomic E-state index is 13.6. The van der Waals surface area contributed by atoms with E-state index in [0.29, 0.717) is 0 Å². The fourth-order valence-electron chi connectivity index (χ4n) is 2.53. The van der Waals surface area contributed by atoms with Crippen molar-refractivity contribution < 1.29 is 12.8 Å². The predicted octanol–water partition coefficient (Wildman–Crippen LogP) is 0.188. The molecule has 0 amide bonds. The van der Waals surface area contributed by atoms with Gasteiger partial charge in [-0.1, -0.05) is 6.07 Å². The van der Waals surface area contributed by atoms with Gasteiger partial charge in [0.15, 0.2) is 9.84 Å². The van der Waals surface area contributed by atoms with Crippen LogP contribution < -0.4 is 11.2 Å². The molecular formula is C12H11FN2O4S. The minimum Gasteiger partial charge on any atom is -0.304 e. The SMILES string of the molecule is O=c1[nH]c2c(F)cccc2c(=O)n1C1CCS(=O)(=O)C1. The van der Waals surface area contributed by atoms with Gasteiger partial charge >= 0.3 is 5.69 Å². The number of nitrogens with zero attached hydrogens (tertiary/aromatic N) is 1. The van der Waals surface area contributed by atoms with Crippen molar-refractivity contribution in [2.75, 3.05) is 11.5 Å². The second kappa shape index (κ2) is 4.27. The molecular weight excluding hydrogens is 287 g/mol. The lowest BCUT2D eigenvalue weighted by atomic mass is 10.2. The number of sulfone groups is 1. The Labute approximate surface area is 112 Å². The lowest BCUT2D eigenvalue weighted by Crippen LogP contribution is -2.38. The zero-order chi connectivity index (χ0) is 14.5. The number of hydrogen-bond acceptors (Lipinski definition) is 4. The summed E-state index contributed by atoms with van der Waals surface area (Å²) in [6, 6.07) is 3.22. The van der Waals surface area contributed by atoms with E-state index in [-0.39, 0.29) is 28.8 Å². The average Bonchev–Trinajstić information content (AvgIpc) is 2.71. The van der Waals surface area contributed by atoms with Crippen molar-refractivity contribution >= 4 is 20.7 Å². The van der Waals surface area contributed by atoms with Gasteiger partial charge in [-0.05, 0) is 18.6 Å². The van der Waals surface area contributed by atoms with Gasteiger partial charge in [0.1, 0.15) is 5.82 Å². The molecule has 1 unspecified atom stereocenters. The van der Waals surface area contributed by atoms with Gasteiger partial charge < -0.3 is 4.98 Å². The number of rotatable bonds is 1. The molecule has 2 heterocycles. The summed E-state index contributed by atoms with van der Waals surface area (Å²) in [6.07, 6.45) is 0.214. The van der Waals surface area contributed by atoms with Crippen LogP contribution in [-0.2, 0) is 9.84 Å². The van der Waals surface area contributed by atoms with Gasteiger partial charge in [-0.25, -0.2) is 17.6 Å². The summed E-state index contributed by atoms with van der Waals surface area (Å²) in [6.45, 7) is 0. The number of aromatic amines is 1. The van der Waals surface area contributed by atoms with E-state index in [0.717, 1.165) is 10.6 Å². The Morgan fingerprint density at radius 1 is 1.30 bits per heavy atom. The third-order valence-corrected chi connectivity index (χ3v) is 5.24. The van der Waals surface area contributed by atoms with Crippen molar-refractivity contribution in [1.29, 1.82) is 0 Å². The molecule has 20 heavy (non-hydrogen) atoms. The van der Waals surface area contributed by atoms with Crippen LogP contribution in [0.1, 0.15) is 12.5 Å². The smallest absolute Gasteiger partial charge is 0.304 e. The second-order valence-electron chi connectivity index (χ2n) is 4.82. The zero-order valence-electron chi connectivity index (χ0n) is 10.3. The first-order chi connectivity index (χ1) is 9.39. The van der Waals surface area contributed by atoms with Crippen LogP contribution in [0.15, 0.2) is 27.8 Å². The van der Waals surface area contributed by atoms with Crippen molar-refractivity contribution in [2.24, 2.45) is 0 Å². The summed E-state index contributed by atoms with van der Waals surface area (Å²) in [5.74, 6) is -0.982. The molecule has 0 saturated carbocycles. The maximum Gasteiger partial charge on any atom is 0.329 e. The Kier molecular flexibility index (Phi) is 2.79. The molecule has 1 fully saturated rings. The monoisotopic (exact) mass is 298 g/mol. The number of halogens is 1. The molecule has 1 aliphatic rings. The van der Waals surface area contributed by atoms with E-state index in [2.05, 4.69) is 4.98 Å². The van der Waals surface area contributed by atoms with Gasteiger partial charge in [0, 0.05) is 0 Å². The topological polar surface area (TPSA) is 89.0 Å². The second-order valence-corrected chi connectivity index (χ2v) is 7.05. The summed E-state index contributed by atoms with van der Waals surface area (Å²) in [4.78, 5) is 26.5. The molecule has 1 saturated heterocycles. The van der Waals surface area contributed by atoms with E-state index in [1.165, 1.54) is 12.1 Å². The Bertz CT molecular complexity index is 913. The first kappa shape index (κ1) is 13.0. The summed E-state index contributed by atoms with van der Waals surface area (Å²) in [5, 5.41) is 0.0360. The third kappa shape index (κ3) is 1.96. The van der Waals surface area contributed by atoms with Gasteiger partial charge in [-0.15, -0.1) is 0 Å². The molecule has 6 nitrogen and oxygen atoms in total. The first-order valence-electron chi connectivity index (χ1n) is 6.02. The Hall–Kier alpha value is -1.96. The van der Waals surface area contributed by atoms with Crippen molar-refractivity contribution in [3.8, 4) is 0 Å². The number of benzene rings is 1. The molecule has 1 aromatic carbocycles. The van der Waals surface area contributed by atoms with Gasteiger partial charge in [-0.3, -0.25) is 9.36 Å². The van der Waals surface area contributed by atoms with Crippen LogP contribution in [0.2, 0.25) is 0 Å². The van der Waals surface area contributed by atoms with Gasteiger partial charge in [0.2, 0.25) is 0 Å². The molecule has 106 valence electrons. The van der Waals surface area contributed by atoms with Crippen LogP contribution in [0.4, 0.5) is 4.39 Å². The van der Waals surface area contributed by atoms with E-state index in [1.807, 2.05) is 0 Å². The van der Waals surface area contributed by atoms with Crippen molar-refractivity contribution in [1.82, 2.24) is 9.55 Å². The maximum atomic E-state index is 13.6. The fourth-order valence-corrected chi connectivity index (χ4v) is 4.23. The number of para-hydroxylation sites is 1. The molecule has 1 aliphatic heterocycles. The molecule has 1 aromatic heterocycles. The Morgan fingerprint density at radius 3 is 2.70 bits per heavy atom. The van der Waals surface area contributed by atoms with Gasteiger partial charge in [0.25, 0.3) is 5.56 Å². The lowest BCUT2D eigenvalue weighted by Gasteiger charge is -2.11. The molecule has 0 aliphatic carbocycles. The van der Waals surface area contributed by atoms with Crippen LogP contribution in [0, 0.1) is 5.82 Å². The molecule has 0 spiro atoms. The predicted molar refractivity (Wildman–Crippen MR) is 71.1 cm³/mol. The zero-order valence-corrected chi connectivity index (χ0v) is 11.1. The molecule has 2 aromatic rings. The summed E-state index contributed by atoms with van der Waals surface area (Å²) >= 11 is 0. The van der Waals surface area contributed by atoms with E-state index in [4.69, 9.17) is 0 Å². The number of aromatic nitrogens is 2. The summed E-state index contributed by atoms with van der Waals surface area (Å²) < 4.78 is 37.4. The standard InChI is InChI=1S/C12H11FN2O4S/c13-9-3-1-2-8-10(9)14-12(17)15(11(8)16)7-4-5-20(18,19)6-7/h1-3,7H,4-6H2,(H,14,17). The lowest BCUT2D eigenvalue weighted by molar-refractivity contribution is 0.515. The number of H-pyrrole nitrogens is 1. The van der Waals surface area contributed by atoms with Crippen LogP contribution in [0.5, 0.6) is 0 Å². The van der Waals surface area contributed by atoms with Crippen LogP contribution in [-0.4, -0.2) is 29.5 Å². The average molecular weight is 298 g/mol. The minimum atomic E-state index is -3.23. The number of fused-ring (bicyclic) bond motifs is 1. The number of hydrogen-bond donors (Lipinski definition) is 1. The van der Waals surface area contributed by atoms with Gasteiger partial charge in [-0.2, -0.15) is 0 Å². The van der Waals surface area contributed by atoms with Crippen LogP contribution >= 0.6 is 0 Å². The summed E-state index contributed by atoms with van der Waals surface area (Å²) in [5.41, 5.74) is -1.60. The molecule has 0 bridgehead atoms. The van der Waals surface area contributed by atoms with Crippen molar-refractivity contribution in [3.63, 3.8) is 0 Å². The summed E-state index contributed by atoms with van der Waals surface area (Å²) in [7, 11) is -3.23. The minimum absolute atomic E-state index is 0.0360. The van der Waals surface area contributed by atoms with Crippen molar-refractivity contribution in [3.05, 3.63) is 44.9 Å². The Morgan fingerprint density at radius 2 is 2.05 bits per heavy atom. The van der Waals surface area contributed by atoms with E-state index < -0.39 is 32.9 Å². The fraction of sp³-hybridized carbons (Fsp3) is 0.333. The van der Waals surface area contributed by atoms with E-state index in [1.54, 1.807) is 0 Å². The number of nitrogens with one attached hydrogen (secondary N) is 1. The highest BCUT2D eigenvalue weighted by Crippen LogP contribution is 2.21. The molecule has 1 atom stereocenters. The first-order valence-corrected chi connectivity index (χ1v) is 7.85. The Balaban J connectivity index is 2.28. The highest BCUT2D eigenvalue weighted by atomic mass is 32.2. The highest BCUT2D eigenvalue weighted by molar-refractivity contribution is 7.91. The van der Waals surface area contributed by atoms with Crippen molar-refractivity contribution in [2.45, 2.75) is 12.5 Å².